The van der Waals surface area contributed by atoms with Gasteiger partial charge in [-0.3, -0.25) is 9.69 Å². The first kappa shape index (κ1) is 23.3. The van der Waals surface area contributed by atoms with E-state index in [1.807, 2.05) is 26.2 Å². The van der Waals surface area contributed by atoms with Crippen molar-refractivity contribution in [1.29, 1.82) is 0 Å². The van der Waals surface area contributed by atoms with Gasteiger partial charge in [-0.15, -0.1) is 0 Å². The number of hydrogen-bond acceptors (Lipinski definition) is 3. The number of carbonyl (C=O) groups is 2. The lowest BCUT2D eigenvalue weighted by Crippen LogP contribution is -2.41. The second kappa shape index (κ2) is 8.77. The van der Waals surface area contributed by atoms with E-state index in [1.165, 1.54) is 59.9 Å². The van der Waals surface area contributed by atoms with Gasteiger partial charge in [-0.1, -0.05) is 49.6 Å². The standard InChI is InChI=1S/C30H35N3O3/c1-31(2)29(34)25-16-20-17-33-24-15-19(30(35)36)13-14-23(24)26(18-9-5-4-6-10-18)28(33)22-12-8-7-11-21(22)27(20)32(25)3/h7-8,11-15,18,20,25,27H,4-6,9-10,16-17H2,1-3H3,(H,35,36)/t20-,25?,27-/m0/s1. The van der Waals surface area contributed by atoms with Crippen LogP contribution in [0.25, 0.3) is 22.2 Å². The van der Waals surface area contributed by atoms with Crippen LogP contribution >= 0.6 is 0 Å². The van der Waals surface area contributed by atoms with Crippen LogP contribution in [0.15, 0.2) is 42.5 Å². The number of amides is 1. The van der Waals surface area contributed by atoms with Crippen LogP contribution in [0.4, 0.5) is 0 Å². The zero-order valence-electron chi connectivity index (χ0n) is 21.4. The van der Waals surface area contributed by atoms with E-state index >= 15 is 0 Å². The molecule has 1 N–H and O–H groups in total. The van der Waals surface area contributed by atoms with Crippen molar-refractivity contribution in [2.75, 3.05) is 21.1 Å². The Morgan fingerprint density at radius 2 is 1.78 bits per heavy atom. The molecule has 6 heteroatoms. The molecule has 0 bridgehead atoms. The lowest BCUT2D eigenvalue weighted by Gasteiger charge is -2.29. The van der Waals surface area contributed by atoms with Gasteiger partial charge in [0.1, 0.15) is 0 Å². The smallest absolute Gasteiger partial charge is 0.335 e. The lowest BCUT2D eigenvalue weighted by molar-refractivity contribution is -0.133. The minimum absolute atomic E-state index is 0.145. The van der Waals surface area contributed by atoms with E-state index < -0.39 is 5.97 Å². The molecule has 6 nitrogen and oxygen atoms in total. The number of carboxylic acid groups (broad SMARTS) is 1. The van der Waals surface area contributed by atoms with Crippen LogP contribution in [0.2, 0.25) is 0 Å². The van der Waals surface area contributed by atoms with Crippen molar-refractivity contribution in [3.8, 4) is 11.3 Å². The Balaban J connectivity index is 1.60. The summed E-state index contributed by atoms with van der Waals surface area (Å²) in [6.07, 6.45) is 6.94. The summed E-state index contributed by atoms with van der Waals surface area (Å²) in [5.74, 6) is 0.00192. The van der Waals surface area contributed by atoms with Gasteiger partial charge in [0.15, 0.2) is 0 Å². The second-order valence-electron chi connectivity index (χ2n) is 11.2. The minimum Gasteiger partial charge on any atom is -0.478 e. The summed E-state index contributed by atoms with van der Waals surface area (Å²) in [4.78, 5) is 29.0. The van der Waals surface area contributed by atoms with Crippen molar-refractivity contribution < 1.29 is 14.7 Å². The Morgan fingerprint density at radius 1 is 1.03 bits per heavy atom. The van der Waals surface area contributed by atoms with Gasteiger partial charge < -0.3 is 14.6 Å². The molecule has 188 valence electrons. The summed E-state index contributed by atoms with van der Waals surface area (Å²) in [7, 11) is 5.76. The highest BCUT2D eigenvalue weighted by Gasteiger charge is 2.46. The van der Waals surface area contributed by atoms with Crippen LogP contribution in [0.3, 0.4) is 0 Å². The number of nitrogens with zero attached hydrogens (tertiary/aromatic N) is 3. The largest absolute Gasteiger partial charge is 0.478 e. The summed E-state index contributed by atoms with van der Waals surface area (Å²) in [5, 5.41) is 11.0. The van der Waals surface area contributed by atoms with E-state index in [9.17, 15) is 14.7 Å². The Hall–Kier alpha value is -3.12. The fourth-order valence-electron chi connectivity index (χ4n) is 7.33. The first-order chi connectivity index (χ1) is 17.4. The van der Waals surface area contributed by atoms with E-state index in [4.69, 9.17) is 0 Å². The van der Waals surface area contributed by atoms with Gasteiger partial charge in [-0.25, -0.2) is 4.79 Å². The van der Waals surface area contributed by atoms with Crippen LogP contribution in [-0.4, -0.2) is 58.5 Å². The third-order valence-corrected chi connectivity index (χ3v) is 8.94. The van der Waals surface area contributed by atoms with E-state index in [0.29, 0.717) is 11.5 Å². The maximum absolute atomic E-state index is 13.1. The predicted molar refractivity (Wildman–Crippen MR) is 141 cm³/mol. The highest BCUT2D eigenvalue weighted by molar-refractivity contribution is 5.98. The Labute approximate surface area is 212 Å². The fraction of sp³-hybridized carbons (Fsp3) is 0.467. The molecule has 6 rings (SSSR count). The van der Waals surface area contributed by atoms with Crippen molar-refractivity contribution in [2.24, 2.45) is 5.92 Å². The predicted octanol–water partition coefficient (Wildman–Crippen LogP) is 5.52. The van der Waals surface area contributed by atoms with Gasteiger partial charge in [0.25, 0.3) is 0 Å². The maximum atomic E-state index is 13.1. The molecule has 0 radical (unpaired) electrons. The van der Waals surface area contributed by atoms with Crippen molar-refractivity contribution >= 4 is 22.8 Å². The zero-order valence-corrected chi connectivity index (χ0v) is 21.4. The van der Waals surface area contributed by atoms with Gasteiger partial charge in [0, 0.05) is 43.1 Å². The molecule has 3 heterocycles. The Kier molecular flexibility index (Phi) is 5.67. The molecule has 36 heavy (non-hydrogen) atoms. The molecule has 2 aromatic carbocycles. The number of carboxylic acids is 1. The number of carbonyl (C=O) groups excluding carboxylic acids is 1. The maximum Gasteiger partial charge on any atom is 0.335 e. The van der Waals surface area contributed by atoms with E-state index in [0.717, 1.165) is 18.5 Å². The van der Waals surface area contributed by atoms with E-state index in [-0.39, 0.29) is 23.9 Å². The molecule has 3 atom stereocenters. The Bertz CT molecular complexity index is 1350. The molecule has 1 saturated heterocycles. The van der Waals surface area contributed by atoms with Gasteiger partial charge in [0.05, 0.1) is 17.3 Å². The molecule has 3 aliphatic rings. The van der Waals surface area contributed by atoms with Crippen LogP contribution in [-0.2, 0) is 11.3 Å². The monoisotopic (exact) mass is 485 g/mol. The lowest BCUT2D eigenvalue weighted by atomic mass is 9.81. The zero-order chi connectivity index (χ0) is 25.1. The SMILES string of the molecule is CN(C)C(=O)C1C[C@H]2Cn3c(c(C4CCCCC4)c4ccc(C(=O)O)cc43)-c3ccccc3[C@H]2N1C. The van der Waals surface area contributed by atoms with Crippen molar-refractivity contribution in [2.45, 2.75) is 63.1 Å². The fourth-order valence-corrected chi connectivity index (χ4v) is 7.33. The van der Waals surface area contributed by atoms with E-state index in [2.05, 4.69) is 40.8 Å². The molecule has 2 fully saturated rings. The summed E-state index contributed by atoms with van der Waals surface area (Å²) >= 11 is 0. The van der Waals surface area contributed by atoms with Gasteiger partial charge >= 0.3 is 5.97 Å². The molecular weight excluding hydrogens is 450 g/mol. The van der Waals surface area contributed by atoms with Crippen LogP contribution in [0.1, 0.15) is 72.0 Å². The van der Waals surface area contributed by atoms with Crippen molar-refractivity contribution in [3.63, 3.8) is 0 Å². The molecule has 1 amide bonds. The van der Waals surface area contributed by atoms with Crippen molar-refractivity contribution in [3.05, 3.63) is 59.2 Å². The molecule has 1 saturated carbocycles. The quantitative estimate of drug-likeness (QED) is 0.531. The number of rotatable bonds is 3. The van der Waals surface area contributed by atoms with Gasteiger partial charge in [-0.05, 0) is 61.4 Å². The topological polar surface area (TPSA) is 65.8 Å². The summed E-state index contributed by atoms with van der Waals surface area (Å²) in [6.45, 7) is 0.780. The number of benzene rings is 2. The summed E-state index contributed by atoms with van der Waals surface area (Å²) in [5.41, 5.74) is 6.55. The number of aromatic nitrogens is 1. The average Bonchev–Trinajstić information content (AvgIpc) is 3.33. The number of likely N-dealkylation sites (tertiary alicyclic amines) is 1. The number of fused-ring (bicyclic) bond motifs is 7. The third kappa shape index (κ3) is 3.49. The Morgan fingerprint density at radius 3 is 2.50 bits per heavy atom. The molecule has 3 aromatic rings. The third-order valence-electron chi connectivity index (χ3n) is 8.94. The van der Waals surface area contributed by atoms with Gasteiger partial charge in [-0.2, -0.15) is 0 Å². The highest BCUT2D eigenvalue weighted by atomic mass is 16.4. The second-order valence-corrected chi connectivity index (χ2v) is 11.2. The molecule has 1 aliphatic carbocycles. The number of aromatic carboxylic acids is 1. The van der Waals surface area contributed by atoms with Crippen molar-refractivity contribution in [1.82, 2.24) is 14.4 Å². The minimum atomic E-state index is -0.893. The number of likely N-dealkylation sites (N-methyl/N-ethyl adjacent to an activating group) is 2. The first-order valence-electron chi connectivity index (χ1n) is 13.3. The summed E-state index contributed by atoms with van der Waals surface area (Å²) < 4.78 is 2.41. The summed E-state index contributed by atoms with van der Waals surface area (Å²) in [6, 6.07) is 14.4. The molecule has 0 spiro atoms. The van der Waals surface area contributed by atoms with Crippen LogP contribution in [0.5, 0.6) is 0 Å². The first-order valence-corrected chi connectivity index (χ1v) is 13.3. The highest BCUT2D eigenvalue weighted by Crippen LogP contribution is 2.52. The average molecular weight is 486 g/mol. The van der Waals surface area contributed by atoms with Crippen LogP contribution in [0, 0.1) is 5.92 Å². The molecule has 1 unspecified atom stereocenters. The van der Waals surface area contributed by atoms with Gasteiger partial charge in [0.2, 0.25) is 5.91 Å². The normalized spacial score (nSPS) is 24.1. The molecule has 2 aliphatic heterocycles. The molecular formula is C30H35N3O3. The van der Waals surface area contributed by atoms with E-state index in [1.54, 1.807) is 11.0 Å². The molecule has 1 aromatic heterocycles. The number of hydrogen-bond donors (Lipinski definition) is 1. The van der Waals surface area contributed by atoms with Crippen LogP contribution < -0.4 is 0 Å².